The first-order chi connectivity index (χ1) is 8.02. The van der Waals surface area contributed by atoms with Gasteiger partial charge in [0.25, 0.3) is 0 Å². The predicted molar refractivity (Wildman–Crippen MR) is 62.3 cm³/mol. The molecule has 0 unspecified atom stereocenters. The SMILES string of the molecule is CC(C)OC(=O)COc1ccc(N)cc1C#N. The van der Waals surface area contributed by atoms with Gasteiger partial charge in [0.1, 0.15) is 11.8 Å². The number of ether oxygens (including phenoxy) is 2. The molecule has 2 N–H and O–H groups in total. The number of carbonyl (C=O) groups excluding carboxylic acids is 1. The summed E-state index contributed by atoms with van der Waals surface area (Å²) in [6.45, 7) is 3.28. The van der Waals surface area contributed by atoms with E-state index < -0.39 is 5.97 Å². The summed E-state index contributed by atoms with van der Waals surface area (Å²) in [6.07, 6.45) is -0.187. The summed E-state index contributed by atoms with van der Waals surface area (Å²) in [6, 6.07) is 6.59. The maximum Gasteiger partial charge on any atom is 0.344 e. The molecule has 0 heterocycles. The highest BCUT2D eigenvalue weighted by atomic mass is 16.6. The molecular formula is C12H14N2O3. The Hall–Kier alpha value is -2.22. The van der Waals surface area contributed by atoms with E-state index >= 15 is 0 Å². The quantitative estimate of drug-likeness (QED) is 0.629. The highest BCUT2D eigenvalue weighted by molar-refractivity contribution is 5.71. The zero-order chi connectivity index (χ0) is 12.8. The minimum absolute atomic E-state index is 0.187. The van der Waals surface area contributed by atoms with Crippen LogP contribution in [0.5, 0.6) is 5.75 Å². The zero-order valence-electron chi connectivity index (χ0n) is 9.77. The number of anilines is 1. The van der Waals surface area contributed by atoms with Gasteiger partial charge in [0.2, 0.25) is 0 Å². The Morgan fingerprint density at radius 3 is 2.82 bits per heavy atom. The van der Waals surface area contributed by atoms with Crippen molar-refractivity contribution in [2.45, 2.75) is 20.0 Å². The Morgan fingerprint density at radius 2 is 2.24 bits per heavy atom. The van der Waals surface area contributed by atoms with E-state index in [1.54, 1.807) is 26.0 Å². The largest absolute Gasteiger partial charge is 0.481 e. The molecule has 0 spiro atoms. The minimum Gasteiger partial charge on any atom is -0.481 e. The number of rotatable bonds is 4. The summed E-state index contributed by atoms with van der Waals surface area (Å²) in [4.78, 5) is 11.2. The number of nitrogens with zero attached hydrogens (tertiary/aromatic N) is 1. The molecule has 0 saturated carbocycles. The second-order valence-corrected chi connectivity index (χ2v) is 3.69. The average molecular weight is 234 g/mol. The van der Waals surface area contributed by atoms with Crippen molar-refractivity contribution in [3.63, 3.8) is 0 Å². The molecule has 17 heavy (non-hydrogen) atoms. The van der Waals surface area contributed by atoms with Crippen LogP contribution in [0.2, 0.25) is 0 Å². The number of esters is 1. The summed E-state index contributed by atoms with van der Waals surface area (Å²) >= 11 is 0. The molecule has 1 aromatic rings. The Labute approximate surface area is 99.7 Å². The second-order valence-electron chi connectivity index (χ2n) is 3.69. The molecule has 0 aliphatic heterocycles. The zero-order valence-corrected chi connectivity index (χ0v) is 9.77. The van der Waals surface area contributed by atoms with Gasteiger partial charge in [-0.05, 0) is 32.0 Å². The van der Waals surface area contributed by atoms with Crippen molar-refractivity contribution in [1.29, 1.82) is 5.26 Å². The molecule has 0 atom stereocenters. The molecular weight excluding hydrogens is 220 g/mol. The van der Waals surface area contributed by atoms with Crippen LogP contribution in [0.15, 0.2) is 18.2 Å². The van der Waals surface area contributed by atoms with Gasteiger partial charge in [0.05, 0.1) is 11.7 Å². The van der Waals surface area contributed by atoms with E-state index in [2.05, 4.69) is 0 Å². The summed E-state index contributed by atoms with van der Waals surface area (Å²) in [5.41, 5.74) is 6.29. The number of nitriles is 1. The van der Waals surface area contributed by atoms with Gasteiger partial charge in [0, 0.05) is 5.69 Å². The lowest BCUT2D eigenvalue weighted by molar-refractivity contribution is -0.149. The van der Waals surface area contributed by atoms with E-state index in [1.165, 1.54) is 6.07 Å². The number of nitrogen functional groups attached to an aromatic ring is 1. The molecule has 90 valence electrons. The Morgan fingerprint density at radius 1 is 1.53 bits per heavy atom. The van der Waals surface area contributed by atoms with Crippen LogP contribution < -0.4 is 10.5 Å². The normalized spacial score (nSPS) is 9.76. The first-order valence-electron chi connectivity index (χ1n) is 5.15. The van der Waals surface area contributed by atoms with Crippen molar-refractivity contribution in [2.75, 3.05) is 12.3 Å². The van der Waals surface area contributed by atoms with Crippen LogP contribution in [0, 0.1) is 11.3 Å². The summed E-state index contributed by atoms with van der Waals surface area (Å²) in [5, 5.41) is 8.85. The molecule has 1 aromatic carbocycles. The molecule has 5 nitrogen and oxygen atoms in total. The highest BCUT2D eigenvalue weighted by Gasteiger charge is 2.09. The molecule has 5 heteroatoms. The van der Waals surface area contributed by atoms with Crippen LogP contribution >= 0.6 is 0 Å². The minimum atomic E-state index is -0.472. The van der Waals surface area contributed by atoms with E-state index in [0.717, 1.165) is 0 Å². The lowest BCUT2D eigenvalue weighted by atomic mass is 10.2. The maximum atomic E-state index is 11.2. The smallest absolute Gasteiger partial charge is 0.344 e. The van der Waals surface area contributed by atoms with E-state index in [-0.39, 0.29) is 12.7 Å². The maximum absolute atomic E-state index is 11.2. The van der Waals surface area contributed by atoms with Gasteiger partial charge >= 0.3 is 5.97 Å². The van der Waals surface area contributed by atoms with Crippen molar-refractivity contribution in [3.05, 3.63) is 23.8 Å². The van der Waals surface area contributed by atoms with Crippen LogP contribution in [0.1, 0.15) is 19.4 Å². The number of hydrogen-bond acceptors (Lipinski definition) is 5. The molecule has 0 fully saturated rings. The van der Waals surface area contributed by atoms with Crippen molar-refractivity contribution >= 4 is 11.7 Å². The third kappa shape index (κ3) is 4.03. The first-order valence-corrected chi connectivity index (χ1v) is 5.15. The van der Waals surface area contributed by atoms with E-state index in [9.17, 15) is 4.79 Å². The standard InChI is InChI=1S/C12H14N2O3/c1-8(2)17-12(15)7-16-11-4-3-10(14)5-9(11)6-13/h3-5,8H,7,14H2,1-2H3. The van der Waals surface area contributed by atoms with E-state index in [1.807, 2.05) is 6.07 Å². The molecule has 0 amide bonds. The van der Waals surface area contributed by atoms with Crippen molar-refractivity contribution in [1.82, 2.24) is 0 Å². The first kappa shape index (κ1) is 12.8. The third-order valence-corrected chi connectivity index (χ3v) is 1.84. The molecule has 0 bridgehead atoms. The van der Waals surface area contributed by atoms with Crippen LogP contribution in [0.25, 0.3) is 0 Å². The number of benzene rings is 1. The summed E-state index contributed by atoms with van der Waals surface area (Å²) < 4.78 is 10.1. The van der Waals surface area contributed by atoms with Gasteiger partial charge in [-0.3, -0.25) is 0 Å². The van der Waals surface area contributed by atoms with Crippen LogP contribution in [-0.4, -0.2) is 18.7 Å². The van der Waals surface area contributed by atoms with Gasteiger partial charge in [-0.25, -0.2) is 4.79 Å². The monoisotopic (exact) mass is 234 g/mol. The molecule has 0 saturated heterocycles. The van der Waals surface area contributed by atoms with Gasteiger partial charge in [-0.1, -0.05) is 0 Å². The van der Waals surface area contributed by atoms with Crippen molar-refractivity contribution in [2.24, 2.45) is 0 Å². The summed E-state index contributed by atoms with van der Waals surface area (Å²) in [5.74, 6) is -0.150. The van der Waals surface area contributed by atoms with Crippen molar-refractivity contribution in [3.8, 4) is 11.8 Å². The average Bonchev–Trinajstić information content (AvgIpc) is 2.26. The van der Waals surface area contributed by atoms with Gasteiger partial charge in [-0.2, -0.15) is 5.26 Å². The van der Waals surface area contributed by atoms with Crippen molar-refractivity contribution < 1.29 is 14.3 Å². The highest BCUT2D eigenvalue weighted by Crippen LogP contribution is 2.20. The third-order valence-electron chi connectivity index (χ3n) is 1.84. The van der Waals surface area contributed by atoms with Crippen LogP contribution in [0.4, 0.5) is 5.69 Å². The molecule has 0 aliphatic carbocycles. The number of nitrogens with two attached hydrogens (primary N) is 1. The Balaban J connectivity index is 2.64. The Bertz CT molecular complexity index is 450. The van der Waals surface area contributed by atoms with Gasteiger partial charge < -0.3 is 15.2 Å². The fourth-order valence-corrected chi connectivity index (χ4v) is 1.19. The number of carbonyl (C=O) groups is 1. The van der Waals surface area contributed by atoms with E-state index in [4.69, 9.17) is 20.5 Å². The second kappa shape index (κ2) is 5.75. The lowest BCUT2D eigenvalue weighted by Gasteiger charge is -2.10. The van der Waals surface area contributed by atoms with Gasteiger partial charge in [0.15, 0.2) is 6.61 Å². The molecule has 0 aliphatic rings. The predicted octanol–water partition coefficient (Wildman–Crippen LogP) is 1.47. The Kier molecular flexibility index (Phi) is 4.35. The lowest BCUT2D eigenvalue weighted by Crippen LogP contribution is -2.19. The van der Waals surface area contributed by atoms with Gasteiger partial charge in [-0.15, -0.1) is 0 Å². The fraction of sp³-hybridized carbons (Fsp3) is 0.333. The summed E-state index contributed by atoms with van der Waals surface area (Å²) in [7, 11) is 0. The molecule has 1 rings (SSSR count). The van der Waals surface area contributed by atoms with E-state index in [0.29, 0.717) is 17.0 Å². The van der Waals surface area contributed by atoms with Crippen LogP contribution in [0.3, 0.4) is 0 Å². The number of hydrogen-bond donors (Lipinski definition) is 1. The molecule has 0 aromatic heterocycles. The fourth-order valence-electron chi connectivity index (χ4n) is 1.19. The van der Waals surface area contributed by atoms with Crippen LogP contribution in [-0.2, 0) is 9.53 Å². The molecule has 0 radical (unpaired) electrons. The topological polar surface area (TPSA) is 85.3 Å².